The van der Waals surface area contributed by atoms with Crippen LogP contribution in [0.1, 0.15) is 23.7 Å². The summed E-state index contributed by atoms with van der Waals surface area (Å²) in [5.41, 5.74) is 4.71. The highest BCUT2D eigenvalue weighted by Gasteiger charge is 2.20. The molecule has 10 heteroatoms. The zero-order chi connectivity index (χ0) is 22.0. The molecular weight excluding hydrogens is 452 g/mol. The van der Waals surface area contributed by atoms with Gasteiger partial charge in [0.05, 0.1) is 17.1 Å². The minimum atomic E-state index is -0.0767. The molecule has 31 heavy (non-hydrogen) atoms. The fraction of sp³-hybridized carbons (Fsp3) is 0.190. The molecule has 0 N–H and O–H groups in total. The van der Waals surface area contributed by atoms with Crippen molar-refractivity contribution >= 4 is 51.4 Å². The highest BCUT2D eigenvalue weighted by Crippen LogP contribution is 2.33. The second-order valence-electron chi connectivity index (χ2n) is 6.90. The molecule has 4 rings (SSSR count). The first-order valence-corrected chi connectivity index (χ1v) is 11.7. The summed E-state index contributed by atoms with van der Waals surface area (Å²) in [7, 11) is 0. The maximum atomic E-state index is 12.4. The molecule has 0 aliphatic carbocycles. The molecule has 4 aromatic rings. The summed E-state index contributed by atoms with van der Waals surface area (Å²) in [5, 5.41) is 15.9. The number of amides is 1. The molecule has 1 amide bonds. The first-order valence-electron chi connectivity index (χ1n) is 9.42. The third kappa shape index (κ3) is 4.79. The van der Waals surface area contributed by atoms with Crippen molar-refractivity contribution in [2.75, 3.05) is 4.90 Å². The lowest BCUT2D eigenvalue weighted by Gasteiger charge is -2.20. The quantitative estimate of drug-likeness (QED) is 0.353. The monoisotopic (exact) mass is 470 g/mol. The van der Waals surface area contributed by atoms with Crippen LogP contribution in [0.2, 0.25) is 5.02 Å². The van der Waals surface area contributed by atoms with Crippen molar-refractivity contribution in [3.05, 3.63) is 69.7 Å². The molecule has 2 aromatic carbocycles. The van der Waals surface area contributed by atoms with Gasteiger partial charge in [-0.1, -0.05) is 41.1 Å². The largest absolute Gasteiger partial charge is 0.274 e. The number of anilines is 2. The molecule has 158 valence electrons. The summed E-state index contributed by atoms with van der Waals surface area (Å²) < 4.78 is 1.66. The third-order valence-corrected chi connectivity index (χ3v) is 6.58. The van der Waals surface area contributed by atoms with E-state index in [0.29, 0.717) is 21.1 Å². The number of rotatable bonds is 6. The molecular formula is C21H19ClN6OS2. The van der Waals surface area contributed by atoms with Gasteiger partial charge in [0.15, 0.2) is 5.13 Å². The van der Waals surface area contributed by atoms with Gasteiger partial charge in [-0.25, -0.2) is 4.98 Å². The van der Waals surface area contributed by atoms with Crippen LogP contribution in [0.3, 0.4) is 0 Å². The van der Waals surface area contributed by atoms with Gasteiger partial charge in [-0.2, -0.15) is 4.68 Å². The number of aryl methyl sites for hydroxylation is 2. The zero-order valence-electron chi connectivity index (χ0n) is 17.1. The van der Waals surface area contributed by atoms with E-state index < -0.39 is 0 Å². The van der Waals surface area contributed by atoms with Crippen molar-refractivity contribution in [2.45, 2.75) is 31.7 Å². The number of nitrogens with zero attached hydrogens (tertiary/aromatic N) is 6. The normalized spacial score (nSPS) is 11.0. The van der Waals surface area contributed by atoms with E-state index in [-0.39, 0.29) is 5.91 Å². The molecule has 0 unspecified atom stereocenters. The number of halogens is 1. The predicted molar refractivity (Wildman–Crippen MR) is 125 cm³/mol. The van der Waals surface area contributed by atoms with Crippen LogP contribution in [0.5, 0.6) is 0 Å². The zero-order valence-corrected chi connectivity index (χ0v) is 19.5. The maximum Gasteiger partial charge on any atom is 0.230 e. The van der Waals surface area contributed by atoms with E-state index in [1.165, 1.54) is 23.1 Å². The van der Waals surface area contributed by atoms with Gasteiger partial charge in [-0.05, 0) is 60.2 Å². The Labute approximate surface area is 193 Å². The average molecular weight is 471 g/mol. The van der Waals surface area contributed by atoms with Gasteiger partial charge in [0, 0.05) is 23.1 Å². The number of carbonyl (C=O) groups is 1. The Morgan fingerprint density at radius 1 is 1.19 bits per heavy atom. The van der Waals surface area contributed by atoms with Gasteiger partial charge in [0.25, 0.3) is 0 Å². The molecule has 0 spiro atoms. The van der Waals surface area contributed by atoms with Crippen LogP contribution in [0.25, 0.3) is 5.69 Å². The smallest absolute Gasteiger partial charge is 0.230 e. The molecule has 0 bridgehead atoms. The SMILES string of the molecule is CC(=O)N(c1nc(CSc2nnnn2-c2ccc(Cl)cc2)cs1)c1ccc(C)cc1C. The van der Waals surface area contributed by atoms with Gasteiger partial charge in [-0.15, -0.1) is 16.4 Å². The second-order valence-corrected chi connectivity index (χ2v) is 9.12. The van der Waals surface area contributed by atoms with Crippen molar-refractivity contribution in [3.63, 3.8) is 0 Å². The molecule has 2 heterocycles. The number of hydrogen-bond donors (Lipinski definition) is 0. The van der Waals surface area contributed by atoms with Crippen molar-refractivity contribution < 1.29 is 4.79 Å². The fourth-order valence-corrected chi connectivity index (χ4v) is 4.98. The van der Waals surface area contributed by atoms with E-state index in [1.54, 1.807) is 28.6 Å². The van der Waals surface area contributed by atoms with Crippen LogP contribution in [0, 0.1) is 13.8 Å². The lowest BCUT2D eigenvalue weighted by Crippen LogP contribution is -2.23. The summed E-state index contributed by atoms with van der Waals surface area (Å²) >= 11 is 8.88. The standard InChI is InChI=1S/C21H19ClN6OS2/c1-13-4-9-19(14(2)10-13)27(15(3)29)20-23-17(11-30-20)12-31-21-24-25-26-28(21)18-7-5-16(22)6-8-18/h4-11H,12H2,1-3H3. The van der Waals surface area contributed by atoms with E-state index in [4.69, 9.17) is 16.6 Å². The third-order valence-electron chi connectivity index (χ3n) is 4.50. The molecule has 0 radical (unpaired) electrons. The maximum absolute atomic E-state index is 12.4. The van der Waals surface area contributed by atoms with Gasteiger partial charge in [-0.3, -0.25) is 9.69 Å². The van der Waals surface area contributed by atoms with Crippen LogP contribution >= 0.6 is 34.7 Å². The van der Waals surface area contributed by atoms with Crippen LogP contribution in [-0.2, 0) is 10.5 Å². The van der Waals surface area contributed by atoms with Gasteiger partial charge >= 0.3 is 0 Å². The van der Waals surface area contributed by atoms with Gasteiger partial charge in [0.2, 0.25) is 11.1 Å². The Kier molecular flexibility index (Phi) is 6.35. The van der Waals surface area contributed by atoms with E-state index in [2.05, 4.69) is 21.6 Å². The van der Waals surface area contributed by atoms with Crippen molar-refractivity contribution in [1.29, 1.82) is 0 Å². The number of tetrazole rings is 1. The van der Waals surface area contributed by atoms with Crippen molar-refractivity contribution in [1.82, 2.24) is 25.2 Å². The topological polar surface area (TPSA) is 76.8 Å². The van der Waals surface area contributed by atoms with Gasteiger partial charge in [0.1, 0.15) is 0 Å². The van der Waals surface area contributed by atoms with E-state index >= 15 is 0 Å². The minimum absolute atomic E-state index is 0.0767. The number of carbonyl (C=O) groups excluding carboxylic acids is 1. The molecule has 2 aromatic heterocycles. The van der Waals surface area contributed by atoms with E-state index in [9.17, 15) is 4.79 Å². The number of benzene rings is 2. The van der Waals surface area contributed by atoms with Crippen LogP contribution in [0.4, 0.5) is 10.8 Å². The summed E-state index contributed by atoms with van der Waals surface area (Å²) in [5.74, 6) is 0.496. The Bertz CT molecular complexity index is 1220. The van der Waals surface area contributed by atoms with Crippen LogP contribution < -0.4 is 4.90 Å². The van der Waals surface area contributed by atoms with Crippen LogP contribution in [0.15, 0.2) is 53.0 Å². The molecule has 0 fully saturated rings. The lowest BCUT2D eigenvalue weighted by atomic mass is 10.1. The molecule has 0 atom stereocenters. The minimum Gasteiger partial charge on any atom is -0.274 e. The highest BCUT2D eigenvalue weighted by atomic mass is 35.5. The Hall–Kier alpha value is -2.75. The summed E-state index contributed by atoms with van der Waals surface area (Å²) in [6.45, 7) is 5.58. The molecule has 0 aliphatic rings. The highest BCUT2D eigenvalue weighted by molar-refractivity contribution is 7.98. The van der Waals surface area contributed by atoms with Crippen molar-refractivity contribution in [3.8, 4) is 5.69 Å². The Morgan fingerprint density at radius 3 is 2.68 bits per heavy atom. The van der Waals surface area contributed by atoms with E-state index in [0.717, 1.165) is 28.2 Å². The molecule has 0 aliphatic heterocycles. The van der Waals surface area contributed by atoms with Crippen molar-refractivity contribution in [2.24, 2.45) is 0 Å². The summed E-state index contributed by atoms with van der Waals surface area (Å²) in [6, 6.07) is 13.3. The lowest BCUT2D eigenvalue weighted by molar-refractivity contribution is -0.115. The second kappa shape index (κ2) is 9.17. The molecule has 0 saturated carbocycles. The number of hydrogen-bond acceptors (Lipinski definition) is 7. The Morgan fingerprint density at radius 2 is 1.97 bits per heavy atom. The summed E-state index contributed by atoms with van der Waals surface area (Å²) in [6.07, 6.45) is 0. The van der Waals surface area contributed by atoms with Crippen LogP contribution in [-0.4, -0.2) is 31.1 Å². The Balaban J connectivity index is 1.53. The molecule has 0 saturated heterocycles. The first kappa shape index (κ1) is 21.5. The van der Waals surface area contributed by atoms with Gasteiger partial charge < -0.3 is 0 Å². The molecule has 7 nitrogen and oxygen atoms in total. The first-order chi connectivity index (χ1) is 14.9. The number of aromatic nitrogens is 5. The number of thiazole rings is 1. The predicted octanol–water partition coefficient (Wildman–Crippen LogP) is 5.37. The average Bonchev–Trinajstić information content (AvgIpc) is 3.38. The number of thioether (sulfide) groups is 1. The van der Waals surface area contributed by atoms with E-state index in [1.807, 2.05) is 43.5 Å². The summed E-state index contributed by atoms with van der Waals surface area (Å²) in [4.78, 5) is 18.8. The fourth-order valence-electron chi connectivity index (χ4n) is 3.08.